The topological polar surface area (TPSA) is 41.1 Å². The molecule has 0 unspecified atom stereocenters. The third kappa shape index (κ3) is 5.22. The van der Waals surface area contributed by atoms with Crippen molar-refractivity contribution in [2.45, 2.75) is 12.7 Å². The molecule has 0 radical (unpaired) electrons. The van der Waals surface area contributed by atoms with Crippen LogP contribution in [0.1, 0.15) is 11.1 Å². The Morgan fingerprint density at radius 1 is 1.00 bits per heavy atom. The van der Waals surface area contributed by atoms with Crippen LogP contribution >= 0.6 is 0 Å². The van der Waals surface area contributed by atoms with Crippen molar-refractivity contribution >= 4 is 11.6 Å². The third-order valence-electron chi connectivity index (χ3n) is 3.05. The van der Waals surface area contributed by atoms with Crippen molar-refractivity contribution in [3.8, 4) is 0 Å². The number of carbonyl (C=O) groups excluding carboxylic acids is 1. The summed E-state index contributed by atoms with van der Waals surface area (Å²) in [7, 11) is 0. The normalized spacial score (nSPS) is 11.2. The zero-order chi connectivity index (χ0) is 17.7. The predicted molar refractivity (Wildman–Crippen MR) is 78.1 cm³/mol. The van der Waals surface area contributed by atoms with Gasteiger partial charge in [-0.2, -0.15) is 13.2 Å². The van der Waals surface area contributed by atoms with Crippen molar-refractivity contribution in [3.05, 3.63) is 65.2 Å². The summed E-state index contributed by atoms with van der Waals surface area (Å²) in [6.45, 7) is -0.378. The molecule has 0 aliphatic heterocycles. The molecule has 0 aliphatic carbocycles. The van der Waals surface area contributed by atoms with Crippen LogP contribution in [0.3, 0.4) is 0 Å². The predicted octanol–water partition coefficient (Wildman–Crippen LogP) is 3.71. The van der Waals surface area contributed by atoms with Gasteiger partial charge in [-0.05, 0) is 35.9 Å². The highest BCUT2D eigenvalue weighted by Gasteiger charge is 2.30. The Balaban J connectivity index is 1.87. The maximum atomic E-state index is 13.0. The van der Waals surface area contributed by atoms with Crippen molar-refractivity contribution in [1.82, 2.24) is 5.32 Å². The van der Waals surface area contributed by atoms with E-state index in [0.717, 1.165) is 24.3 Å². The van der Waals surface area contributed by atoms with Crippen molar-refractivity contribution < 1.29 is 26.7 Å². The average molecular weight is 344 g/mol. The molecule has 2 aromatic rings. The fourth-order valence-corrected chi connectivity index (χ4v) is 1.96. The van der Waals surface area contributed by atoms with Crippen molar-refractivity contribution in [3.63, 3.8) is 0 Å². The second-order valence-corrected chi connectivity index (χ2v) is 4.99. The molecule has 0 saturated carbocycles. The van der Waals surface area contributed by atoms with Crippen LogP contribution in [-0.4, -0.2) is 12.5 Å². The van der Waals surface area contributed by atoms with E-state index in [2.05, 4.69) is 10.6 Å². The first-order chi connectivity index (χ1) is 11.2. The molecule has 128 valence electrons. The lowest BCUT2D eigenvalue weighted by Crippen LogP contribution is -2.29. The minimum atomic E-state index is -4.47. The second-order valence-electron chi connectivity index (χ2n) is 4.99. The molecule has 0 aromatic heterocycles. The smallest absolute Gasteiger partial charge is 0.376 e. The number of benzene rings is 2. The van der Waals surface area contributed by atoms with E-state index in [-0.39, 0.29) is 24.3 Å². The summed E-state index contributed by atoms with van der Waals surface area (Å²) < 4.78 is 63.7. The molecule has 8 heteroatoms. The summed E-state index contributed by atoms with van der Waals surface area (Å²) in [5.74, 6) is -2.06. The van der Waals surface area contributed by atoms with Gasteiger partial charge in [0.05, 0.1) is 12.1 Å². The molecule has 24 heavy (non-hydrogen) atoms. The van der Waals surface area contributed by atoms with Gasteiger partial charge in [0.2, 0.25) is 5.91 Å². The van der Waals surface area contributed by atoms with Gasteiger partial charge in [0.15, 0.2) is 0 Å². The minimum Gasteiger partial charge on any atom is -0.376 e. The van der Waals surface area contributed by atoms with E-state index in [4.69, 9.17) is 0 Å². The highest BCUT2D eigenvalue weighted by atomic mass is 19.4. The molecule has 3 nitrogen and oxygen atoms in total. The van der Waals surface area contributed by atoms with E-state index in [0.29, 0.717) is 6.07 Å². The van der Waals surface area contributed by atoms with Gasteiger partial charge in [-0.1, -0.05) is 6.07 Å². The van der Waals surface area contributed by atoms with Crippen LogP contribution in [0.4, 0.5) is 27.6 Å². The summed E-state index contributed by atoms with van der Waals surface area (Å²) in [4.78, 5) is 11.7. The van der Waals surface area contributed by atoms with Crippen molar-refractivity contribution in [2.24, 2.45) is 0 Å². The quantitative estimate of drug-likeness (QED) is 0.812. The lowest BCUT2D eigenvalue weighted by Gasteiger charge is -2.11. The first kappa shape index (κ1) is 17.7. The Labute approximate surface area is 134 Å². The Kier molecular flexibility index (Phi) is 5.38. The van der Waals surface area contributed by atoms with E-state index in [1.165, 1.54) is 12.1 Å². The lowest BCUT2D eigenvalue weighted by atomic mass is 10.2. The number of halogens is 5. The van der Waals surface area contributed by atoms with Crippen LogP contribution in [0.5, 0.6) is 0 Å². The third-order valence-corrected chi connectivity index (χ3v) is 3.05. The van der Waals surface area contributed by atoms with Gasteiger partial charge < -0.3 is 10.6 Å². The summed E-state index contributed by atoms with van der Waals surface area (Å²) in [5.41, 5.74) is -0.458. The van der Waals surface area contributed by atoms with Gasteiger partial charge in [-0.25, -0.2) is 8.78 Å². The first-order valence-corrected chi connectivity index (χ1v) is 6.87. The van der Waals surface area contributed by atoms with Crippen LogP contribution in [0.15, 0.2) is 42.5 Å². The highest BCUT2D eigenvalue weighted by molar-refractivity contribution is 5.80. The van der Waals surface area contributed by atoms with Crippen LogP contribution in [0.25, 0.3) is 0 Å². The van der Waals surface area contributed by atoms with Crippen LogP contribution in [0.2, 0.25) is 0 Å². The standard InChI is InChI=1S/C16H13F5N2O/c17-12-4-10(5-13(18)7-12)8-23-15(24)9-22-14-3-1-2-11(6-14)16(19,20)21/h1-7,22H,8-9H2,(H,23,24). The highest BCUT2D eigenvalue weighted by Crippen LogP contribution is 2.30. The molecule has 0 fully saturated rings. The maximum absolute atomic E-state index is 13.0. The molecule has 0 spiro atoms. The van der Waals surface area contributed by atoms with E-state index < -0.39 is 29.3 Å². The van der Waals surface area contributed by atoms with E-state index in [1.54, 1.807) is 0 Å². The average Bonchev–Trinajstić information content (AvgIpc) is 2.49. The van der Waals surface area contributed by atoms with Gasteiger partial charge in [0.1, 0.15) is 11.6 Å². The van der Waals surface area contributed by atoms with Gasteiger partial charge in [0, 0.05) is 18.3 Å². The molecule has 1 amide bonds. The zero-order valence-electron chi connectivity index (χ0n) is 12.3. The van der Waals surface area contributed by atoms with Gasteiger partial charge >= 0.3 is 6.18 Å². The SMILES string of the molecule is O=C(CNc1cccc(C(F)(F)F)c1)NCc1cc(F)cc(F)c1. The van der Waals surface area contributed by atoms with Crippen LogP contribution < -0.4 is 10.6 Å². The van der Waals surface area contributed by atoms with E-state index >= 15 is 0 Å². The number of hydrogen-bond donors (Lipinski definition) is 2. The number of rotatable bonds is 5. The molecular weight excluding hydrogens is 331 g/mol. The van der Waals surface area contributed by atoms with E-state index in [1.807, 2.05) is 0 Å². The van der Waals surface area contributed by atoms with Gasteiger partial charge in [0.25, 0.3) is 0 Å². The van der Waals surface area contributed by atoms with Crippen LogP contribution in [-0.2, 0) is 17.5 Å². The number of anilines is 1. The molecule has 0 aliphatic rings. The summed E-state index contributed by atoms with van der Waals surface area (Å²) >= 11 is 0. The molecule has 2 aromatic carbocycles. The Morgan fingerprint density at radius 2 is 1.67 bits per heavy atom. The Hall–Kier alpha value is -2.64. The van der Waals surface area contributed by atoms with Crippen molar-refractivity contribution in [1.29, 1.82) is 0 Å². The maximum Gasteiger partial charge on any atom is 0.416 e. The monoisotopic (exact) mass is 344 g/mol. The fraction of sp³-hybridized carbons (Fsp3) is 0.188. The number of alkyl halides is 3. The summed E-state index contributed by atoms with van der Waals surface area (Å²) in [5, 5.41) is 4.97. The molecule has 0 atom stereocenters. The number of amides is 1. The summed E-state index contributed by atoms with van der Waals surface area (Å²) in [6.07, 6.45) is -4.47. The zero-order valence-corrected chi connectivity index (χ0v) is 12.3. The van der Waals surface area contributed by atoms with Gasteiger partial charge in [-0.3, -0.25) is 4.79 Å². The molecule has 0 bridgehead atoms. The molecule has 2 rings (SSSR count). The Bertz CT molecular complexity index is 710. The van der Waals surface area contributed by atoms with E-state index in [9.17, 15) is 26.7 Å². The van der Waals surface area contributed by atoms with Crippen molar-refractivity contribution in [2.75, 3.05) is 11.9 Å². The summed E-state index contributed by atoms with van der Waals surface area (Å²) in [6, 6.07) is 7.27. The minimum absolute atomic E-state index is 0.0994. The first-order valence-electron chi connectivity index (χ1n) is 6.87. The molecular formula is C16H13F5N2O. The molecule has 0 heterocycles. The van der Waals surface area contributed by atoms with Gasteiger partial charge in [-0.15, -0.1) is 0 Å². The second kappa shape index (κ2) is 7.29. The molecule has 0 saturated heterocycles. The molecule has 2 N–H and O–H groups in total. The number of nitrogens with one attached hydrogen (secondary N) is 2. The fourth-order valence-electron chi connectivity index (χ4n) is 1.96. The van der Waals surface area contributed by atoms with Crippen LogP contribution in [0, 0.1) is 11.6 Å². The largest absolute Gasteiger partial charge is 0.416 e. The lowest BCUT2D eigenvalue weighted by molar-refractivity contribution is -0.137. The number of hydrogen-bond acceptors (Lipinski definition) is 2. The number of carbonyl (C=O) groups is 1. The Morgan fingerprint density at radius 3 is 2.29 bits per heavy atom.